The lowest BCUT2D eigenvalue weighted by Crippen LogP contribution is -2.41. The van der Waals surface area contributed by atoms with Crippen LogP contribution >= 0.6 is 0 Å². The lowest BCUT2D eigenvalue weighted by Gasteiger charge is -2.25. The second-order valence-electron chi connectivity index (χ2n) is 11.3. The smallest absolute Gasteiger partial charge is 0.324 e. The Kier molecular flexibility index (Phi) is 7.70. The van der Waals surface area contributed by atoms with Gasteiger partial charge in [-0.1, -0.05) is 32.0 Å². The summed E-state index contributed by atoms with van der Waals surface area (Å²) in [6, 6.07) is 6.39. The first-order chi connectivity index (χ1) is 19.5. The van der Waals surface area contributed by atoms with Gasteiger partial charge in [-0.05, 0) is 37.6 Å². The summed E-state index contributed by atoms with van der Waals surface area (Å²) in [5.41, 5.74) is 5.10. The van der Waals surface area contributed by atoms with Crippen LogP contribution in [0.4, 0.5) is 27.7 Å². The molecule has 4 amide bonds. The van der Waals surface area contributed by atoms with Crippen molar-refractivity contribution in [2.45, 2.75) is 40.0 Å². The zero-order chi connectivity index (χ0) is 29.3. The highest BCUT2D eigenvalue weighted by molar-refractivity contribution is 6.35. The van der Waals surface area contributed by atoms with Crippen molar-refractivity contribution in [3.05, 3.63) is 52.5 Å². The highest BCUT2D eigenvalue weighted by Crippen LogP contribution is 2.36. The topological polar surface area (TPSA) is 154 Å². The fourth-order valence-electron chi connectivity index (χ4n) is 4.77. The number of urea groups is 1. The van der Waals surface area contributed by atoms with E-state index >= 15 is 0 Å². The minimum atomic E-state index is -0.487. The van der Waals surface area contributed by atoms with E-state index in [-0.39, 0.29) is 17.2 Å². The molecule has 2 aliphatic rings. The molecule has 0 bridgehead atoms. The first kappa shape index (κ1) is 28.1. The standard InChI is InChI=1S/C29H35N7O5/c1-16-21(30-17(2)26(16)34-25(37)15-36-8-10-40-11-9-36)13-20-19-7-6-18(12-22(19)32-27(20)38)31-28(39)33-24-14-23(41-35-24)29(3,4)5/h6-7,12-14,30H,8-11,15H2,1-5H3,(H,32,38)(H,34,37)(H2,31,33,35,39). The number of morpholine rings is 1. The number of benzene rings is 1. The van der Waals surface area contributed by atoms with Crippen molar-refractivity contribution in [2.75, 3.05) is 54.1 Å². The molecule has 1 saturated heterocycles. The normalized spacial score (nSPS) is 16.4. The average molecular weight is 562 g/mol. The Balaban J connectivity index is 1.27. The molecule has 12 nitrogen and oxygen atoms in total. The summed E-state index contributed by atoms with van der Waals surface area (Å²) in [6.07, 6.45) is 1.78. The molecule has 0 radical (unpaired) electrons. The molecule has 1 fully saturated rings. The summed E-state index contributed by atoms with van der Waals surface area (Å²) in [7, 11) is 0. The zero-order valence-electron chi connectivity index (χ0n) is 23.9. The molecule has 0 unspecified atom stereocenters. The highest BCUT2D eigenvalue weighted by Gasteiger charge is 2.26. The molecule has 0 spiro atoms. The molecule has 2 aromatic heterocycles. The van der Waals surface area contributed by atoms with Crippen LogP contribution in [0.3, 0.4) is 0 Å². The van der Waals surface area contributed by atoms with E-state index in [2.05, 4.69) is 36.3 Å². The molecule has 4 heterocycles. The number of H-pyrrole nitrogens is 1. The van der Waals surface area contributed by atoms with Crippen molar-refractivity contribution < 1.29 is 23.6 Å². The Morgan fingerprint density at radius 2 is 1.85 bits per heavy atom. The van der Waals surface area contributed by atoms with Crippen LogP contribution in [0.1, 0.15) is 49.0 Å². The van der Waals surface area contributed by atoms with Gasteiger partial charge >= 0.3 is 6.03 Å². The van der Waals surface area contributed by atoms with E-state index in [0.717, 1.165) is 30.0 Å². The van der Waals surface area contributed by atoms with Gasteiger partial charge in [0, 0.05) is 47.2 Å². The van der Waals surface area contributed by atoms with E-state index in [1.165, 1.54) is 0 Å². The Labute approximate surface area is 237 Å². The van der Waals surface area contributed by atoms with Crippen LogP contribution in [0.5, 0.6) is 0 Å². The lowest BCUT2D eigenvalue weighted by molar-refractivity contribution is -0.118. The fraction of sp³-hybridized carbons (Fsp3) is 0.379. The monoisotopic (exact) mass is 561 g/mol. The Morgan fingerprint density at radius 1 is 1.10 bits per heavy atom. The predicted octanol–water partition coefficient (Wildman–Crippen LogP) is 4.32. The third kappa shape index (κ3) is 6.34. The largest absolute Gasteiger partial charge is 0.379 e. The van der Waals surface area contributed by atoms with Crippen molar-refractivity contribution in [3.63, 3.8) is 0 Å². The van der Waals surface area contributed by atoms with Gasteiger partial charge in [-0.25, -0.2) is 4.79 Å². The van der Waals surface area contributed by atoms with Crippen molar-refractivity contribution in [3.8, 4) is 0 Å². The summed E-state index contributed by atoms with van der Waals surface area (Å²) in [4.78, 5) is 43.4. The quantitative estimate of drug-likeness (QED) is 0.281. The Bertz CT molecular complexity index is 1520. The number of carbonyl (C=O) groups excluding carboxylic acids is 3. The van der Waals surface area contributed by atoms with Crippen LogP contribution in [0.15, 0.2) is 28.8 Å². The number of aryl methyl sites for hydroxylation is 1. The maximum absolute atomic E-state index is 12.9. The van der Waals surface area contributed by atoms with E-state index < -0.39 is 6.03 Å². The summed E-state index contributed by atoms with van der Waals surface area (Å²) in [5, 5.41) is 15.2. The fourth-order valence-corrected chi connectivity index (χ4v) is 4.77. The van der Waals surface area contributed by atoms with Crippen LogP contribution in [0, 0.1) is 13.8 Å². The molecule has 12 heteroatoms. The first-order valence-corrected chi connectivity index (χ1v) is 13.5. The predicted molar refractivity (Wildman–Crippen MR) is 157 cm³/mol. The van der Waals surface area contributed by atoms with Crippen molar-refractivity contribution >= 4 is 52.4 Å². The second-order valence-corrected chi connectivity index (χ2v) is 11.3. The lowest BCUT2D eigenvalue weighted by atomic mass is 9.93. The van der Waals surface area contributed by atoms with E-state index in [1.54, 1.807) is 30.3 Å². The molecule has 0 aliphatic carbocycles. The van der Waals surface area contributed by atoms with Gasteiger partial charge in [0.25, 0.3) is 5.91 Å². The molecular weight excluding hydrogens is 526 g/mol. The van der Waals surface area contributed by atoms with Crippen LogP contribution in [0.2, 0.25) is 0 Å². The maximum Gasteiger partial charge on any atom is 0.324 e. The molecule has 0 saturated carbocycles. The molecule has 0 atom stereocenters. The molecule has 1 aromatic carbocycles. The number of nitrogens with one attached hydrogen (secondary N) is 5. The highest BCUT2D eigenvalue weighted by atomic mass is 16.5. The van der Waals surface area contributed by atoms with E-state index in [9.17, 15) is 14.4 Å². The van der Waals surface area contributed by atoms with Crippen LogP contribution < -0.4 is 21.3 Å². The third-order valence-electron chi connectivity index (χ3n) is 7.05. The van der Waals surface area contributed by atoms with Crippen molar-refractivity contribution in [1.29, 1.82) is 0 Å². The van der Waals surface area contributed by atoms with E-state index in [1.807, 2.05) is 34.6 Å². The van der Waals surface area contributed by atoms with Gasteiger partial charge in [-0.15, -0.1) is 0 Å². The summed E-state index contributed by atoms with van der Waals surface area (Å²) in [6.45, 7) is 12.8. The van der Waals surface area contributed by atoms with Gasteiger partial charge in [0.05, 0.1) is 36.7 Å². The summed E-state index contributed by atoms with van der Waals surface area (Å²) >= 11 is 0. The van der Waals surface area contributed by atoms with Gasteiger partial charge in [0.15, 0.2) is 5.82 Å². The zero-order valence-corrected chi connectivity index (χ0v) is 23.9. The van der Waals surface area contributed by atoms with Crippen molar-refractivity contribution in [2.24, 2.45) is 0 Å². The maximum atomic E-state index is 12.9. The number of hydrogen-bond donors (Lipinski definition) is 5. The number of hydrogen-bond acceptors (Lipinski definition) is 7. The minimum absolute atomic E-state index is 0.0949. The second kappa shape index (κ2) is 11.2. The average Bonchev–Trinajstić information content (AvgIpc) is 3.57. The number of anilines is 4. The van der Waals surface area contributed by atoms with Gasteiger partial charge in [0.2, 0.25) is 5.91 Å². The molecule has 2 aliphatic heterocycles. The van der Waals surface area contributed by atoms with Crippen LogP contribution in [0.25, 0.3) is 11.6 Å². The molecular formula is C29H35N7O5. The molecule has 3 aromatic rings. The number of fused-ring (bicyclic) bond motifs is 1. The SMILES string of the molecule is Cc1[nH]c(C=C2C(=O)Nc3cc(NC(=O)Nc4cc(C(C)(C)C)on4)ccc32)c(C)c1NC(=O)CN1CCOCC1. The molecule has 5 rings (SSSR count). The van der Waals surface area contributed by atoms with Gasteiger partial charge in [-0.3, -0.25) is 19.8 Å². The van der Waals surface area contributed by atoms with Crippen LogP contribution in [-0.4, -0.2) is 65.7 Å². The van der Waals surface area contributed by atoms with Gasteiger partial charge in [0.1, 0.15) is 5.76 Å². The van der Waals surface area contributed by atoms with Crippen molar-refractivity contribution in [1.82, 2.24) is 15.0 Å². The minimum Gasteiger partial charge on any atom is -0.379 e. The van der Waals surface area contributed by atoms with E-state index in [4.69, 9.17) is 9.26 Å². The van der Waals surface area contributed by atoms with Gasteiger partial charge < -0.3 is 30.2 Å². The first-order valence-electron chi connectivity index (χ1n) is 13.5. The van der Waals surface area contributed by atoms with Crippen LogP contribution in [-0.2, 0) is 19.7 Å². The number of amides is 4. The van der Waals surface area contributed by atoms with Gasteiger partial charge in [-0.2, -0.15) is 0 Å². The number of aromatic amines is 1. The number of carbonyl (C=O) groups is 3. The number of nitrogens with zero attached hydrogens (tertiary/aromatic N) is 2. The Hall–Kier alpha value is -4.42. The summed E-state index contributed by atoms with van der Waals surface area (Å²) in [5.74, 6) is 0.605. The summed E-state index contributed by atoms with van der Waals surface area (Å²) < 4.78 is 10.7. The third-order valence-corrected chi connectivity index (χ3v) is 7.05. The number of ether oxygens (including phenoxy) is 1. The Morgan fingerprint density at radius 3 is 2.56 bits per heavy atom. The number of aromatic nitrogens is 2. The molecule has 41 heavy (non-hydrogen) atoms. The number of rotatable bonds is 6. The molecule has 216 valence electrons. The van der Waals surface area contributed by atoms with E-state index in [0.29, 0.717) is 59.5 Å². The molecule has 5 N–H and O–H groups in total.